The summed E-state index contributed by atoms with van der Waals surface area (Å²) in [7, 11) is 3.04. The van der Waals surface area contributed by atoms with E-state index in [1.54, 1.807) is 19.2 Å². The fourth-order valence-corrected chi connectivity index (χ4v) is 1.86. The predicted molar refractivity (Wildman–Crippen MR) is 75.8 cm³/mol. The van der Waals surface area contributed by atoms with Gasteiger partial charge in [0.2, 0.25) is 5.43 Å². The Morgan fingerprint density at radius 3 is 2.62 bits per heavy atom. The Morgan fingerprint density at radius 1 is 1.33 bits per heavy atom. The van der Waals surface area contributed by atoms with E-state index in [9.17, 15) is 14.0 Å². The number of nitrogens with zero attached hydrogens (tertiary/aromatic N) is 1. The lowest BCUT2D eigenvalue weighted by atomic mass is 10.2. The van der Waals surface area contributed by atoms with Crippen LogP contribution in [0.25, 0.3) is 0 Å². The number of carbonyl (C=O) groups is 1. The average molecular weight is 290 g/mol. The summed E-state index contributed by atoms with van der Waals surface area (Å²) in [6.07, 6.45) is 1.45. The Labute approximate surface area is 121 Å². The van der Waals surface area contributed by atoms with Gasteiger partial charge in [0.1, 0.15) is 11.5 Å². The molecule has 0 saturated carbocycles. The SMILES string of the molecule is COc1cn(C)c(C(=O)NCc2ccc(F)cc2)cc1=O. The molecular weight excluding hydrogens is 275 g/mol. The number of aromatic nitrogens is 1. The number of benzene rings is 1. The lowest BCUT2D eigenvalue weighted by molar-refractivity contribution is 0.0941. The predicted octanol–water partition coefficient (Wildman–Crippen LogP) is 1.46. The molecule has 0 unspecified atom stereocenters. The van der Waals surface area contributed by atoms with E-state index in [1.807, 2.05) is 0 Å². The first-order chi connectivity index (χ1) is 10.0. The van der Waals surface area contributed by atoms with Crippen LogP contribution in [0.3, 0.4) is 0 Å². The zero-order chi connectivity index (χ0) is 15.4. The number of halogens is 1. The van der Waals surface area contributed by atoms with Crippen molar-refractivity contribution >= 4 is 5.91 Å². The molecule has 0 aliphatic rings. The van der Waals surface area contributed by atoms with Crippen LogP contribution in [0.5, 0.6) is 5.75 Å². The van der Waals surface area contributed by atoms with Crippen molar-refractivity contribution in [3.05, 3.63) is 63.8 Å². The number of carbonyl (C=O) groups excluding carboxylic acids is 1. The third-order valence-electron chi connectivity index (χ3n) is 3.02. The van der Waals surface area contributed by atoms with Gasteiger partial charge in [-0.25, -0.2) is 4.39 Å². The molecule has 21 heavy (non-hydrogen) atoms. The van der Waals surface area contributed by atoms with Crippen molar-refractivity contribution < 1.29 is 13.9 Å². The summed E-state index contributed by atoms with van der Waals surface area (Å²) in [4.78, 5) is 23.8. The molecule has 0 spiro atoms. The third-order valence-corrected chi connectivity index (χ3v) is 3.02. The average Bonchev–Trinajstić information content (AvgIpc) is 2.48. The molecule has 1 aromatic carbocycles. The lowest BCUT2D eigenvalue weighted by Crippen LogP contribution is -2.27. The molecule has 0 radical (unpaired) electrons. The molecule has 0 saturated heterocycles. The second kappa shape index (κ2) is 6.21. The molecular formula is C15H15FN2O3. The van der Waals surface area contributed by atoms with Crippen molar-refractivity contribution in [2.75, 3.05) is 7.11 Å². The molecule has 2 aromatic rings. The third kappa shape index (κ3) is 3.47. The first kappa shape index (κ1) is 14.8. The molecule has 1 N–H and O–H groups in total. The van der Waals surface area contributed by atoms with Crippen molar-refractivity contribution in [2.24, 2.45) is 7.05 Å². The second-order valence-electron chi connectivity index (χ2n) is 4.51. The van der Waals surface area contributed by atoms with Gasteiger partial charge in [0.15, 0.2) is 5.75 Å². The maximum Gasteiger partial charge on any atom is 0.268 e. The molecule has 2 rings (SSSR count). The summed E-state index contributed by atoms with van der Waals surface area (Å²) >= 11 is 0. The Bertz CT molecular complexity index is 708. The molecule has 0 fully saturated rings. The number of hydrogen-bond acceptors (Lipinski definition) is 3. The first-order valence-electron chi connectivity index (χ1n) is 6.28. The number of aryl methyl sites for hydroxylation is 1. The quantitative estimate of drug-likeness (QED) is 0.927. The number of pyridine rings is 1. The molecule has 0 atom stereocenters. The molecule has 0 aliphatic carbocycles. The van der Waals surface area contributed by atoms with Gasteiger partial charge in [-0.15, -0.1) is 0 Å². The largest absolute Gasteiger partial charge is 0.491 e. The Balaban J connectivity index is 2.12. The molecule has 110 valence electrons. The van der Waals surface area contributed by atoms with Crippen LogP contribution in [-0.2, 0) is 13.6 Å². The van der Waals surface area contributed by atoms with Crippen molar-refractivity contribution in [1.82, 2.24) is 9.88 Å². The van der Waals surface area contributed by atoms with Gasteiger partial charge in [-0.05, 0) is 17.7 Å². The van der Waals surface area contributed by atoms with E-state index in [0.717, 1.165) is 5.56 Å². The number of methoxy groups -OCH3 is 1. The summed E-state index contributed by atoms with van der Waals surface area (Å²) in [5, 5.41) is 2.68. The lowest BCUT2D eigenvalue weighted by Gasteiger charge is -2.10. The molecule has 0 aliphatic heterocycles. The van der Waals surface area contributed by atoms with Crippen molar-refractivity contribution in [1.29, 1.82) is 0 Å². The van der Waals surface area contributed by atoms with Gasteiger partial charge >= 0.3 is 0 Å². The topological polar surface area (TPSA) is 60.3 Å². The normalized spacial score (nSPS) is 10.2. The number of rotatable bonds is 4. The minimum atomic E-state index is -0.387. The first-order valence-corrected chi connectivity index (χ1v) is 6.28. The molecule has 1 heterocycles. The van der Waals surface area contributed by atoms with Gasteiger partial charge in [-0.3, -0.25) is 9.59 Å². The number of amides is 1. The number of ether oxygens (including phenoxy) is 1. The van der Waals surface area contributed by atoms with Crippen LogP contribution >= 0.6 is 0 Å². The van der Waals surface area contributed by atoms with Crippen LogP contribution in [0.15, 0.2) is 41.3 Å². The summed E-state index contributed by atoms with van der Waals surface area (Å²) in [6, 6.07) is 7.04. The smallest absolute Gasteiger partial charge is 0.268 e. The Hall–Kier alpha value is -2.63. The molecule has 5 nitrogen and oxygen atoms in total. The highest BCUT2D eigenvalue weighted by molar-refractivity contribution is 5.92. The van der Waals surface area contributed by atoms with Gasteiger partial charge in [0, 0.05) is 19.7 Å². The highest BCUT2D eigenvalue weighted by atomic mass is 19.1. The zero-order valence-corrected chi connectivity index (χ0v) is 11.7. The maximum absolute atomic E-state index is 12.8. The highest BCUT2D eigenvalue weighted by Gasteiger charge is 2.12. The highest BCUT2D eigenvalue weighted by Crippen LogP contribution is 2.06. The van der Waals surface area contributed by atoms with Gasteiger partial charge in [-0.1, -0.05) is 12.1 Å². The van der Waals surface area contributed by atoms with E-state index >= 15 is 0 Å². The molecule has 1 amide bonds. The minimum Gasteiger partial charge on any atom is -0.491 e. The summed E-state index contributed by atoms with van der Waals surface area (Å²) < 4.78 is 19.2. The zero-order valence-electron chi connectivity index (χ0n) is 11.7. The van der Waals surface area contributed by atoms with Crippen LogP contribution in [0.2, 0.25) is 0 Å². The second-order valence-corrected chi connectivity index (χ2v) is 4.51. The molecule has 1 aromatic heterocycles. The van der Waals surface area contributed by atoms with Gasteiger partial charge < -0.3 is 14.6 Å². The minimum absolute atomic E-state index is 0.174. The van der Waals surface area contributed by atoms with Crippen molar-refractivity contribution in [3.63, 3.8) is 0 Å². The summed E-state index contributed by atoms with van der Waals surface area (Å²) in [6.45, 7) is 0.249. The van der Waals surface area contributed by atoms with Gasteiger partial charge in [0.05, 0.1) is 13.3 Å². The fraction of sp³-hybridized carbons (Fsp3) is 0.200. The van der Waals surface area contributed by atoms with Crippen LogP contribution in [-0.4, -0.2) is 17.6 Å². The Morgan fingerprint density at radius 2 is 2.00 bits per heavy atom. The van der Waals surface area contributed by atoms with E-state index < -0.39 is 0 Å². The number of hydrogen-bond donors (Lipinski definition) is 1. The number of nitrogens with one attached hydrogen (secondary N) is 1. The van der Waals surface area contributed by atoms with Crippen LogP contribution in [0.1, 0.15) is 16.1 Å². The Kier molecular flexibility index (Phi) is 4.37. The summed E-state index contributed by atoms with van der Waals surface area (Å²) in [5.74, 6) is -0.545. The van der Waals surface area contributed by atoms with Crippen LogP contribution < -0.4 is 15.5 Å². The fourth-order valence-electron chi connectivity index (χ4n) is 1.86. The van der Waals surface area contributed by atoms with Crippen molar-refractivity contribution in [2.45, 2.75) is 6.54 Å². The van der Waals surface area contributed by atoms with Crippen molar-refractivity contribution in [3.8, 4) is 5.75 Å². The van der Waals surface area contributed by atoms with Crippen LogP contribution in [0, 0.1) is 5.82 Å². The van der Waals surface area contributed by atoms with E-state index in [0.29, 0.717) is 0 Å². The standard InChI is InChI=1S/C15H15FN2O3/c1-18-9-14(21-2)13(19)7-12(18)15(20)17-8-10-3-5-11(16)6-4-10/h3-7,9H,8H2,1-2H3,(H,17,20). The maximum atomic E-state index is 12.8. The van der Waals surface area contributed by atoms with E-state index in [4.69, 9.17) is 4.74 Å². The van der Waals surface area contributed by atoms with Crippen LogP contribution in [0.4, 0.5) is 4.39 Å². The molecule has 0 bridgehead atoms. The van der Waals surface area contributed by atoms with E-state index in [2.05, 4.69) is 5.32 Å². The van der Waals surface area contributed by atoms with Gasteiger partial charge in [0.25, 0.3) is 5.91 Å². The van der Waals surface area contributed by atoms with E-state index in [-0.39, 0.29) is 35.1 Å². The molecule has 6 heteroatoms. The monoisotopic (exact) mass is 290 g/mol. The summed E-state index contributed by atoms with van der Waals surface area (Å²) in [5.41, 5.74) is 0.633. The van der Waals surface area contributed by atoms with E-state index in [1.165, 1.54) is 36.1 Å². The van der Waals surface area contributed by atoms with Gasteiger partial charge in [-0.2, -0.15) is 0 Å².